The van der Waals surface area contributed by atoms with Crippen LogP contribution in [0.5, 0.6) is 0 Å². The van der Waals surface area contributed by atoms with Crippen molar-refractivity contribution >= 4 is 40.7 Å². The van der Waals surface area contributed by atoms with Crippen LogP contribution in [0.2, 0.25) is 5.28 Å². The zero-order valence-electron chi connectivity index (χ0n) is 17.7. The molecule has 0 spiro atoms. The lowest BCUT2D eigenvalue weighted by Crippen LogP contribution is -2.49. The molecule has 1 aliphatic rings. The standard InChI is InChI=1S/C20H26ClN7O3/c1-20(2,3)31-19(30)25-12-5-4-8-28(11-12)15-6-7-23-10-14(15)26-17(29)16-13(22)9-24-18(21)27-16/h6-7,9-10,12H,4-5,8,11,22H2,1-3H3,(H,25,30)(H,26,29)/t12-/m0/s1. The lowest BCUT2D eigenvalue weighted by molar-refractivity contribution is 0.0500. The molecule has 1 atom stereocenters. The van der Waals surface area contributed by atoms with Crippen LogP contribution in [0, 0.1) is 0 Å². The lowest BCUT2D eigenvalue weighted by atomic mass is 10.0. The zero-order chi connectivity index (χ0) is 22.6. The van der Waals surface area contributed by atoms with E-state index in [-0.39, 0.29) is 22.7 Å². The number of nitrogens with two attached hydrogens (primary N) is 1. The Bertz CT molecular complexity index is 964. The Morgan fingerprint density at radius 2 is 2.10 bits per heavy atom. The summed E-state index contributed by atoms with van der Waals surface area (Å²) in [6.07, 6.45) is 5.73. The van der Waals surface area contributed by atoms with Gasteiger partial charge in [0.05, 0.1) is 29.5 Å². The van der Waals surface area contributed by atoms with Crippen LogP contribution in [0.1, 0.15) is 44.1 Å². The van der Waals surface area contributed by atoms with E-state index in [1.54, 1.807) is 12.4 Å². The third-order valence-electron chi connectivity index (χ3n) is 4.53. The average molecular weight is 448 g/mol. The number of aromatic nitrogens is 3. The van der Waals surface area contributed by atoms with Crippen LogP contribution >= 0.6 is 11.6 Å². The van der Waals surface area contributed by atoms with E-state index in [4.69, 9.17) is 22.1 Å². The number of ether oxygens (including phenoxy) is 1. The minimum Gasteiger partial charge on any atom is -0.444 e. The summed E-state index contributed by atoms with van der Waals surface area (Å²) in [7, 11) is 0. The maximum absolute atomic E-state index is 12.7. The molecule has 10 nitrogen and oxygen atoms in total. The van der Waals surface area contributed by atoms with E-state index >= 15 is 0 Å². The number of hydrogen-bond donors (Lipinski definition) is 3. The second kappa shape index (κ2) is 9.34. The molecule has 31 heavy (non-hydrogen) atoms. The fourth-order valence-corrected chi connectivity index (χ4v) is 3.41. The number of nitrogen functional groups attached to an aromatic ring is 1. The maximum Gasteiger partial charge on any atom is 0.407 e. The highest BCUT2D eigenvalue weighted by Crippen LogP contribution is 2.28. The van der Waals surface area contributed by atoms with Gasteiger partial charge in [-0.1, -0.05) is 0 Å². The van der Waals surface area contributed by atoms with Crippen LogP contribution in [0.4, 0.5) is 21.9 Å². The minimum absolute atomic E-state index is 0.0158. The van der Waals surface area contributed by atoms with Crippen molar-refractivity contribution in [3.63, 3.8) is 0 Å². The summed E-state index contributed by atoms with van der Waals surface area (Å²) >= 11 is 5.79. The van der Waals surface area contributed by atoms with Crippen molar-refractivity contribution < 1.29 is 14.3 Å². The molecule has 166 valence electrons. The van der Waals surface area contributed by atoms with E-state index in [0.29, 0.717) is 12.2 Å². The molecule has 0 unspecified atom stereocenters. The zero-order valence-corrected chi connectivity index (χ0v) is 18.4. The Kier molecular flexibility index (Phi) is 6.79. The first-order valence-electron chi connectivity index (χ1n) is 9.90. The fraction of sp³-hybridized carbons (Fsp3) is 0.450. The van der Waals surface area contributed by atoms with Crippen LogP contribution in [-0.4, -0.2) is 51.7 Å². The number of alkyl carbamates (subject to hydrolysis) is 1. The summed E-state index contributed by atoms with van der Waals surface area (Å²) in [5.74, 6) is -0.517. The Morgan fingerprint density at radius 1 is 1.32 bits per heavy atom. The number of nitrogens with one attached hydrogen (secondary N) is 2. The van der Waals surface area contributed by atoms with Crippen molar-refractivity contribution in [3.8, 4) is 0 Å². The predicted molar refractivity (Wildman–Crippen MR) is 118 cm³/mol. The number of amides is 2. The van der Waals surface area contributed by atoms with Gasteiger partial charge >= 0.3 is 6.09 Å². The van der Waals surface area contributed by atoms with Crippen LogP contribution < -0.4 is 21.3 Å². The molecular formula is C20H26ClN7O3. The largest absolute Gasteiger partial charge is 0.444 e. The second-order valence-electron chi connectivity index (χ2n) is 8.22. The van der Waals surface area contributed by atoms with Gasteiger partial charge in [-0.2, -0.15) is 0 Å². The molecule has 2 aromatic heterocycles. The number of nitrogens with zero attached hydrogens (tertiary/aromatic N) is 4. The first-order valence-corrected chi connectivity index (χ1v) is 10.3. The molecule has 3 heterocycles. The molecule has 0 saturated carbocycles. The van der Waals surface area contributed by atoms with Crippen molar-refractivity contribution in [1.29, 1.82) is 0 Å². The molecule has 11 heteroatoms. The minimum atomic E-state index is -0.563. The molecule has 0 aromatic carbocycles. The molecule has 0 bridgehead atoms. The number of carbonyl (C=O) groups is 2. The SMILES string of the molecule is CC(C)(C)OC(=O)N[C@H]1CCCN(c2ccncc2NC(=O)c2nc(Cl)ncc2N)C1. The van der Waals surface area contributed by atoms with E-state index in [1.807, 2.05) is 26.8 Å². The van der Waals surface area contributed by atoms with E-state index in [2.05, 4.69) is 30.5 Å². The Balaban J connectivity index is 1.73. The number of piperidine rings is 1. The number of rotatable bonds is 4. The van der Waals surface area contributed by atoms with E-state index in [9.17, 15) is 9.59 Å². The topological polar surface area (TPSA) is 135 Å². The second-order valence-corrected chi connectivity index (χ2v) is 8.56. The molecule has 2 aromatic rings. The maximum atomic E-state index is 12.7. The number of hydrogen-bond acceptors (Lipinski definition) is 8. The molecular weight excluding hydrogens is 422 g/mol. The Hall–Kier alpha value is -3.14. The molecule has 2 amide bonds. The Labute approximate surface area is 185 Å². The summed E-state index contributed by atoms with van der Waals surface area (Å²) in [5.41, 5.74) is 6.62. The molecule has 1 saturated heterocycles. The van der Waals surface area contributed by atoms with Crippen LogP contribution in [0.3, 0.4) is 0 Å². The highest BCUT2D eigenvalue weighted by molar-refractivity contribution is 6.28. The molecule has 4 N–H and O–H groups in total. The van der Waals surface area contributed by atoms with Gasteiger partial charge in [-0.25, -0.2) is 14.8 Å². The number of anilines is 3. The van der Waals surface area contributed by atoms with Crippen molar-refractivity contribution in [3.05, 3.63) is 35.6 Å². The number of halogens is 1. The number of carbonyl (C=O) groups excluding carboxylic acids is 2. The van der Waals surface area contributed by atoms with Gasteiger partial charge in [0.25, 0.3) is 5.91 Å². The van der Waals surface area contributed by atoms with Crippen molar-refractivity contribution in [2.45, 2.75) is 45.3 Å². The van der Waals surface area contributed by atoms with Gasteiger partial charge in [0.2, 0.25) is 5.28 Å². The normalized spacial score (nSPS) is 16.5. The summed E-state index contributed by atoms with van der Waals surface area (Å²) in [6, 6.07) is 1.72. The predicted octanol–water partition coefficient (Wildman–Crippen LogP) is 2.85. The number of pyridine rings is 1. The van der Waals surface area contributed by atoms with Crippen molar-refractivity contribution in [1.82, 2.24) is 20.3 Å². The average Bonchev–Trinajstić information content (AvgIpc) is 2.69. The van der Waals surface area contributed by atoms with Gasteiger partial charge < -0.3 is 26.0 Å². The fourth-order valence-electron chi connectivity index (χ4n) is 3.28. The summed E-state index contributed by atoms with van der Waals surface area (Å²) in [6.45, 7) is 6.80. The van der Waals surface area contributed by atoms with E-state index in [1.165, 1.54) is 6.20 Å². The Morgan fingerprint density at radius 3 is 2.84 bits per heavy atom. The van der Waals surface area contributed by atoms with Gasteiger partial charge in [0.1, 0.15) is 5.60 Å². The van der Waals surface area contributed by atoms with E-state index < -0.39 is 17.6 Å². The van der Waals surface area contributed by atoms with Gasteiger partial charge in [-0.15, -0.1) is 0 Å². The monoisotopic (exact) mass is 447 g/mol. The van der Waals surface area contributed by atoms with Crippen LogP contribution in [0.25, 0.3) is 0 Å². The lowest BCUT2D eigenvalue weighted by Gasteiger charge is -2.35. The van der Waals surface area contributed by atoms with Gasteiger partial charge in [0, 0.05) is 25.3 Å². The summed E-state index contributed by atoms with van der Waals surface area (Å²) in [5, 5.41) is 5.64. The van der Waals surface area contributed by atoms with E-state index in [0.717, 1.165) is 25.1 Å². The summed E-state index contributed by atoms with van der Waals surface area (Å²) < 4.78 is 5.36. The van der Waals surface area contributed by atoms with Crippen LogP contribution in [-0.2, 0) is 4.74 Å². The molecule has 1 aliphatic heterocycles. The molecule has 3 rings (SSSR count). The van der Waals surface area contributed by atoms with Gasteiger partial charge in [0.15, 0.2) is 5.69 Å². The molecule has 0 aliphatic carbocycles. The summed E-state index contributed by atoms with van der Waals surface area (Å²) in [4.78, 5) is 38.7. The highest BCUT2D eigenvalue weighted by Gasteiger charge is 2.26. The highest BCUT2D eigenvalue weighted by atomic mass is 35.5. The third-order valence-corrected chi connectivity index (χ3v) is 4.71. The smallest absolute Gasteiger partial charge is 0.407 e. The molecule has 0 radical (unpaired) electrons. The van der Waals surface area contributed by atoms with Crippen molar-refractivity contribution in [2.24, 2.45) is 0 Å². The van der Waals surface area contributed by atoms with Gasteiger partial charge in [-0.3, -0.25) is 9.78 Å². The van der Waals surface area contributed by atoms with Crippen LogP contribution in [0.15, 0.2) is 24.7 Å². The molecule has 1 fully saturated rings. The van der Waals surface area contributed by atoms with Crippen molar-refractivity contribution in [2.75, 3.05) is 29.0 Å². The first kappa shape index (κ1) is 22.5. The quantitative estimate of drug-likeness (QED) is 0.608. The van der Waals surface area contributed by atoms with Gasteiger partial charge in [-0.05, 0) is 51.3 Å². The third kappa shape index (κ3) is 6.17. The first-order chi connectivity index (χ1) is 14.6.